The van der Waals surface area contributed by atoms with Gasteiger partial charge in [-0.1, -0.05) is 19.8 Å². The Bertz CT molecular complexity index is 461. The fourth-order valence-electron chi connectivity index (χ4n) is 1.90. The zero-order chi connectivity index (χ0) is 15.1. The molecule has 3 N–H and O–H groups in total. The molecule has 0 saturated carbocycles. The highest BCUT2D eigenvalue weighted by atomic mass is 16.5. The van der Waals surface area contributed by atoms with E-state index in [1.54, 1.807) is 20.3 Å². The number of nitrogens with two attached hydrogens (primary N) is 1. The van der Waals surface area contributed by atoms with Gasteiger partial charge < -0.3 is 20.5 Å². The van der Waals surface area contributed by atoms with Crippen molar-refractivity contribution in [2.45, 2.75) is 39.2 Å². The summed E-state index contributed by atoms with van der Waals surface area (Å²) in [6.45, 7) is 3.97. The van der Waals surface area contributed by atoms with Gasteiger partial charge >= 0.3 is 0 Å². The molecule has 20 heavy (non-hydrogen) atoms. The van der Waals surface area contributed by atoms with Crippen molar-refractivity contribution in [2.75, 3.05) is 19.5 Å². The van der Waals surface area contributed by atoms with Gasteiger partial charge in [0.1, 0.15) is 0 Å². The lowest BCUT2D eigenvalue weighted by atomic mass is 10.1. The van der Waals surface area contributed by atoms with E-state index >= 15 is 0 Å². The quantitative estimate of drug-likeness (QED) is 0.804. The predicted octanol–water partition coefficient (Wildman–Crippen LogP) is 2.47. The van der Waals surface area contributed by atoms with E-state index in [9.17, 15) is 4.79 Å². The number of carbonyl (C=O) groups is 1. The lowest BCUT2D eigenvalue weighted by Gasteiger charge is -2.16. The van der Waals surface area contributed by atoms with Crippen molar-refractivity contribution in [3.8, 4) is 11.5 Å². The third kappa shape index (κ3) is 4.13. The van der Waals surface area contributed by atoms with Crippen LogP contribution in [-0.2, 0) is 4.79 Å². The van der Waals surface area contributed by atoms with Gasteiger partial charge in [-0.25, -0.2) is 0 Å². The summed E-state index contributed by atoms with van der Waals surface area (Å²) in [4.78, 5) is 12.0. The molecule has 1 amide bonds. The number of ether oxygens (including phenoxy) is 2. The summed E-state index contributed by atoms with van der Waals surface area (Å²) in [7, 11) is 3.14. The summed E-state index contributed by atoms with van der Waals surface area (Å²) < 4.78 is 10.4. The van der Waals surface area contributed by atoms with E-state index < -0.39 is 6.04 Å². The summed E-state index contributed by atoms with van der Waals surface area (Å²) in [6.07, 6.45) is 2.66. The fourth-order valence-corrected chi connectivity index (χ4v) is 1.90. The average Bonchev–Trinajstić information content (AvgIpc) is 2.45. The molecular formula is C15H24N2O3. The highest BCUT2D eigenvalue weighted by molar-refractivity contribution is 5.95. The third-order valence-electron chi connectivity index (χ3n) is 3.19. The summed E-state index contributed by atoms with van der Waals surface area (Å²) in [6, 6.07) is 3.09. The molecule has 0 aliphatic carbocycles. The molecular weight excluding hydrogens is 256 g/mol. The standard InChI is InChI=1S/C15H24N2O3/c1-5-6-7-11(16)15(18)17-12-9-14(20-4)13(19-3)8-10(12)2/h8-9,11H,5-7,16H2,1-4H3,(H,17,18)/t11-/m0/s1. The highest BCUT2D eigenvalue weighted by Crippen LogP contribution is 2.32. The van der Waals surface area contributed by atoms with E-state index in [0.29, 0.717) is 23.6 Å². The summed E-state index contributed by atoms with van der Waals surface area (Å²) in [5.41, 5.74) is 7.46. The number of unbranched alkanes of at least 4 members (excludes halogenated alkanes) is 1. The minimum Gasteiger partial charge on any atom is -0.493 e. The van der Waals surface area contributed by atoms with E-state index in [-0.39, 0.29) is 5.91 Å². The summed E-state index contributed by atoms with van der Waals surface area (Å²) in [5, 5.41) is 2.85. The molecule has 0 saturated heterocycles. The van der Waals surface area contributed by atoms with Crippen LogP contribution in [0.25, 0.3) is 0 Å². The van der Waals surface area contributed by atoms with Gasteiger partial charge in [-0.3, -0.25) is 4.79 Å². The topological polar surface area (TPSA) is 73.6 Å². The molecule has 0 aliphatic rings. The average molecular weight is 280 g/mol. The number of amides is 1. The van der Waals surface area contributed by atoms with E-state index in [0.717, 1.165) is 18.4 Å². The lowest BCUT2D eigenvalue weighted by Crippen LogP contribution is -2.35. The molecule has 1 atom stereocenters. The molecule has 0 spiro atoms. The maximum absolute atomic E-state index is 12.0. The van der Waals surface area contributed by atoms with Gasteiger partial charge in [-0.15, -0.1) is 0 Å². The smallest absolute Gasteiger partial charge is 0.241 e. The van der Waals surface area contributed by atoms with Crippen LogP contribution < -0.4 is 20.5 Å². The molecule has 5 nitrogen and oxygen atoms in total. The largest absolute Gasteiger partial charge is 0.493 e. The minimum absolute atomic E-state index is 0.172. The van der Waals surface area contributed by atoms with Crippen molar-refractivity contribution in [1.29, 1.82) is 0 Å². The van der Waals surface area contributed by atoms with Gasteiger partial charge in [0.15, 0.2) is 11.5 Å². The third-order valence-corrected chi connectivity index (χ3v) is 3.19. The monoisotopic (exact) mass is 280 g/mol. The van der Waals surface area contributed by atoms with E-state index in [4.69, 9.17) is 15.2 Å². The molecule has 1 rings (SSSR count). The number of rotatable bonds is 7. The molecule has 1 aromatic rings. The van der Waals surface area contributed by atoms with Gasteiger partial charge in [0.2, 0.25) is 5.91 Å². The van der Waals surface area contributed by atoms with Crippen molar-refractivity contribution in [1.82, 2.24) is 0 Å². The van der Waals surface area contributed by atoms with Gasteiger partial charge in [-0.2, -0.15) is 0 Å². The van der Waals surface area contributed by atoms with Crippen LogP contribution in [0.1, 0.15) is 31.7 Å². The Balaban J connectivity index is 2.84. The molecule has 0 bridgehead atoms. The SMILES string of the molecule is CCCC[C@H](N)C(=O)Nc1cc(OC)c(OC)cc1C. The molecule has 5 heteroatoms. The van der Waals surface area contributed by atoms with E-state index in [1.165, 1.54) is 0 Å². The predicted molar refractivity (Wildman–Crippen MR) is 80.4 cm³/mol. The Kier molecular flexibility index (Phi) is 6.31. The number of hydrogen-bond acceptors (Lipinski definition) is 4. The number of carbonyl (C=O) groups excluding carboxylic acids is 1. The number of anilines is 1. The van der Waals surface area contributed by atoms with E-state index in [1.807, 2.05) is 13.0 Å². The van der Waals surface area contributed by atoms with Crippen LogP contribution in [0, 0.1) is 6.92 Å². The highest BCUT2D eigenvalue weighted by Gasteiger charge is 2.15. The number of methoxy groups -OCH3 is 2. The molecule has 0 fully saturated rings. The molecule has 0 radical (unpaired) electrons. The van der Waals surface area contributed by atoms with Crippen molar-refractivity contribution in [3.05, 3.63) is 17.7 Å². The molecule has 0 unspecified atom stereocenters. The lowest BCUT2D eigenvalue weighted by molar-refractivity contribution is -0.117. The second-order valence-electron chi connectivity index (χ2n) is 4.76. The van der Waals surface area contributed by atoms with Gasteiger partial charge in [0.25, 0.3) is 0 Å². The molecule has 0 heterocycles. The second kappa shape index (κ2) is 7.75. The van der Waals surface area contributed by atoms with Crippen molar-refractivity contribution in [3.63, 3.8) is 0 Å². The number of benzene rings is 1. The second-order valence-corrected chi connectivity index (χ2v) is 4.76. The molecule has 0 aromatic heterocycles. The first-order valence-electron chi connectivity index (χ1n) is 6.82. The Morgan fingerprint density at radius 3 is 2.45 bits per heavy atom. The Morgan fingerprint density at radius 1 is 1.30 bits per heavy atom. The zero-order valence-electron chi connectivity index (χ0n) is 12.7. The van der Waals surface area contributed by atoms with Crippen molar-refractivity contribution >= 4 is 11.6 Å². The van der Waals surface area contributed by atoms with E-state index in [2.05, 4.69) is 12.2 Å². The van der Waals surface area contributed by atoms with Crippen LogP contribution >= 0.6 is 0 Å². The molecule has 0 aliphatic heterocycles. The first kappa shape index (κ1) is 16.3. The van der Waals surface area contributed by atoms with Crippen molar-refractivity contribution in [2.24, 2.45) is 5.73 Å². The maximum Gasteiger partial charge on any atom is 0.241 e. The van der Waals surface area contributed by atoms with Crippen molar-refractivity contribution < 1.29 is 14.3 Å². The first-order valence-corrected chi connectivity index (χ1v) is 6.82. The maximum atomic E-state index is 12.0. The van der Waals surface area contributed by atoms with Gasteiger partial charge in [0, 0.05) is 11.8 Å². The van der Waals surface area contributed by atoms with Gasteiger partial charge in [0.05, 0.1) is 20.3 Å². The minimum atomic E-state index is -0.484. The first-order chi connectivity index (χ1) is 9.53. The fraction of sp³-hybridized carbons (Fsp3) is 0.533. The Morgan fingerprint density at radius 2 is 1.90 bits per heavy atom. The van der Waals surface area contributed by atoms with Crippen LogP contribution in [-0.4, -0.2) is 26.2 Å². The Labute approximate surface area is 120 Å². The number of hydrogen-bond donors (Lipinski definition) is 2. The molecule has 1 aromatic carbocycles. The zero-order valence-corrected chi connectivity index (χ0v) is 12.7. The van der Waals surface area contributed by atoms with Crippen LogP contribution in [0.15, 0.2) is 12.1 Å². The van der Waals surface area contributed by atoms with Crippen LogP contribution in [0.3, 0.4) is 0 Å². The Hall–Kier alpha value is -1.75. The number of nitrogens with one attached hydrogen (secondary N) is 1. The number of aryl methyl sites for hydroxylation is 1. The normalized spacial score (nSPS) is 11.8. The van der Waals surface area contributed by atoms with Gasteiger partial charge in [-0.05, 0) is 25.0 Å². The summed E-state index contributed by atoms with van der Waals surface area (Å²) in [5.74, 6) is 1.04. The summed E-state index contributed by atoms with van der Waals surface area (Å²) >= 11 is 0. The van der Waals surface area contributed by atoms with Crippen LogP contribution in [0.5, 0.6) is 11.5 Å². The van der Waals surface area contributed by atoms with Crippen LogP contribution in [0.2, 0.25) is 0 Å². The molecule has 112 valence electrons. The van der Waals surface area contributed by atoms with Crippen LogP contribution in [0.4, 0.5) is 5.69 Å².